The minimum Gasteiger partial charge on any atom is -0.480 e. The van der Waals surface area contributed by atoms with E-state index in [2.05, 4.69) is 15.3 Å². The Morgan fingerprint density at radius 1 is 1.33 bits per heavy atom. The fraction of sp³-hybridized carbons (Fsp3) is 0.478. The number of benzene rings is 1. The van der Waals surface area contributed by atoms with Gasteiger partial charge in [0.25, 0.3) is 0 Å². The van der Waals surface area contributed by atoms with Gasteiger partial charge in [-0.05, 0) is 25.3 Å². The first-order valence-electron chi connectivity index (χ1n) is 11.0. The third-order valence-electron chi connectivity index (χ3n) is 5.44. The summed E-state index contributed by atoms with van der Waals surface area (Å²) in [5.41, 5.74) is 1.08. The summed E-state index contributed by atoms with van der Waals surface area (Å²) in [7, 11) is 0. The lowest BCUT2D eigenvalue weighted by Gasteiger charge is -2.31. The Labute approximate surface area is 197 Å². The molecule has 0 spiro atoms. The predicted molar refractivity (Wildman–Crippen MR) is 125 cm³/mol. The minimum atomic E-state index is -1.08. The second kappa shape index (κ2) is 12.4. The van der Waals surface area contributed by atoms with Gasteiger partial charge in [-0.25, -0.2) is 4.98 Å². The monoisotopic (exact) mass is 474 g/mol. The van der Waals surface area contributed by atoms with Gasteiger partial charge in [0.15, 0.2) is 0 Å². The number of aromatic nitrogens is 2. The molecule has 3 rings (SSSR count). The highest BCUT2D eigenvalue weighted by Crippen LogP contribution is 2.21. The molecule has 0 saturated carbocycles. The van der Waals surface area contributed by atoms with Crippen molar-refractivity contribution < 1.29 is 24.2 Å². The van der Waals surface area contributed by atoms with E-state index in [1.807, 2.05) is 30.3 Å². The van der Waals surface area contributed by atoms with Crippen molar-refractivity contribution in [2.45, 2.75) is 44.3 Å². The maximum absolute atomic E-state index is 13.4. The molecule has 1 aromatic carbocycles. The number of carbonyl (C=O) groups excluding carboxylic acids is 2. The number of aliphatic carboxylic acids is 1. The molecule has 3 N–H and O–H groups in total. The first-order valence-corrected chi connectivity index (χ1v) is 12.2. The number of thioether (sulfide) groups is 1. The van der Waals surface area contributed by atoms with E-state index >= 15 is 0 Å². The van der Waals surface area contributed by atoms with Crippen LogP contribution in [0.15, 0.2) is 42.7 Å². The summed E-state index contributed by atoms with van der Waals surface area (Å²) in [5.74, 6) is -0.108. The van der Waals surface area contributed by atoms with Gasteiger partial charge >= 0.3 is 11.9 Å². The quantitative estimate of drug-likeness (QED) is 0.419. The molecular weight excluding hydrogens is 444 g/mol. The lowest BCUT2D eigenvalue weighted by molar-refractivity contribution is -0.149. The number of H-pyrrole nitrogens is 1. The van der Waals surface area contributed by atoms with Gasteiger partial charge in [-0.1, -0.05) is 30.3 Å². The van der Waals surface area contributed by atoms with Crippen molar-refractivity contribution >= 4 is 29.6 Å². The van der Waals surface area contributed by atoms with Gasteiger partial charge in [-0.3, -0.25) is 19.7 Å². The Morgan fingerprint density at radius 2 is 2.12 bits per heavy atom. The number of ether oxygens (including phenoxy) is 1. The number of amides is 1. The second-order valence-corrected chi connectivity index (χ2v) is 8.91. The van der Waals surface area contributed by atoms with Gasteiger partial charge in [0.1, 0.15) is 18.4 Å². The van der Waals surface area contributed by atoms with E-state index in [9.17, 15) is 19.5 Å². The molecule has 178 valence electrons. The Kier molecular flexibility index (Phi) is 9.32. The van der Waals surface area contributed by atoms with Gasteiger partial charge in [0.05, 0.1) is 12.6 Å². The number of carboxylic acid groups (broad SMARTS) is 1. The molecule has 2 heterocycles. The smallest absolute Gasteiger partial charge is 0.323 e. The van der Waals surface area contributed by atoms with Crippen LogP contribution in [0.25, 0.3) is 0 Å². The summed E-state index contributed by atoms with van der Waals surface area (Å²) in [5, 5.41) is 12.6. The molecule has 1 amide bonds. The number of hydrogen-bond acceptors (Lipinski definition) is 7. The zero-order valence-corrected chi connectivity index (χ0v) is 19.4. The molecule has 1 saturated heterocycles. The fourth-order valence-corrected chi connectivity index (χ4v) is 5.03. The van der Waals surface area contributed by atoms with Crippen LogP contribution in [0.5, 0.6) is 0 Å². The van der Waals surface area contributed by atoms with Crippen molar-refractivity contribution in [2.24, 2.45) is 0 Å². The van der Waals surface area contributed by atoms with Crippen LogP contribution in [0.1, 0.15) is 24.7 Å². The molecule has 2 aromatic rings. The van der Waals surface area contributed by atoms with Gasteiger partial charge in [-0.2, -0.15) is 11.8 Å². The number of aryl methyl sites for hydroxylation is 1. The molecule has 1 aromatic heterocycles. The van der Waals surface area contributed by atoms with E-state index in [1.165, 1.54) is 4.90 Å². The van der Waals surface area contributed by atoms with E-state index in [0.29, 0.717) is 36.6 Å². The van der Waals surface area contributed by atoms with Crippen LogP contribution < -0.4 is 5.32 Å². The van der Waals surface area contributed by atoms with Crippen LogP contribution in [0.4, 0.5) is 0 Å². The molecule has 1 aliphatic heterocycles. The normalized spacial score (nSPS) is 19.7. The van der Waals surface area contributed by atoms with E-state index < -0.39 is 30.6 Å². The highest BCUT2D eigenvalue weighted by atomic mass is 32.2. The van der Waals surface area contributed by atoms with E-state index in [0.717, 1.165) is 5.56 Å². The van der Waals surface area contributed by atoms with Crippen molar-refractivity contribution in [2.75, 3.05) is 24.7 Å². The van der Waals surface area contributed by atoms with Crippen molar-refractivity contribution in [3.8, 4) is 0 Å². The standard InChI is InChI=1S/C23H30N4O5S/c1-2-32-23(31)18(9-8-16-6-4-3-5-7-16)26-19-15-33-14-17(12-20-24-10-11-25-20)27(22(19)30)13-21(28)29/h3-7,10-11,17-19,26H,2,8-9,12-15H2,1H3,(H,24,25)(H,28,29). The van der Waals surface area contributed by atoms with E-state index in [1.54, 1.807) is 31.1 Å². The molecule has 0 bridgehead atoms. The molecule has 1 aliphatic rings. The topological polar surface area (TPSA) is 125 Å². The second-order valence-electron chi connectivity index (χ2n) is 7.84. The Morgan fingerprint density at radius 3 is 2.79 bits per heavy atom. The number of carbonyl (C=O) groups is 3. The van der Waals surface area contributed by atoms with Crippen LogP contribution in [-0.4, -0.2) is 80.6 Å². The van der Waals surface area contributed by atoms with Crippen molar-refractivity contribution in [3.05, 3.63) is 54.1 Å². The highest BCUT2D eigenvalue weighted by Gasteiger charge is 2.37. The summed E-state index contributed by atoms with van der Waals surface area (Å²) in [6.45, 7) is 1.58. The third kappa shape index (κ3) is 7.33. The fourth-order valence-electron chi connectivity index (χ4n) is 3.85. The number of carboxylic acids is 1. The maximum atomic E-state index is 13.4. The SMILES string of the molecule is CCOC(=O)C(CCc1ccccc1)NC1CSCC(Cc2ncc[nH]2)N(CC(=O)O)C1=O. The number of esters is 1. The van der Waals surface area contributed by atoms with Gasteiger partial charge in [0, 0.05) is 36.4 Å². The largest absolute Gasteiger partial charge is 0.480 e. The summed E-state index contributed by atoms with van der Waals surface area (Å²) in [4.78, 5) is 46.2. The molecule has 3 atom stereocenters. The number of aromatic amines is 1. The van der Waals surface area contributed by atoms with Gasteiger partial charge in [-0.15, -0.1) is 0 Å². The number of rotatable bonds is 11. The average molecular weight is 475 g/mol. The van der Waals surface area contributed by atoms with Crippen LogP contribution >= 0.6 is 11.8 Å². The maximum Gasteiger partial charge on any atom is 0.323 e. The van der Waals surface area contributed by atoms with Crippen molar-refractivity contribution in [1.82, 2.24) is 20.2 Å². The van der Waals surface area contributed by atoms with Crippen molar-refractivity contribution in [3.63, 3.8) is 0 Å². The summed E-state index contributed by atoms with van der Waals surface area (Å²) in [6.07, 6.45) is 4.87. The van der Waals surface area contributed by atoms with E-state index in [-0.39, 0.29) is 18.6 Å². The summed E-state index contributed by atoms with van der Waals surface area (Å²) < 4.78 is 5.24. The summed E-state index contributed by atoms with van der Waals surface area (Å²) >= 11 is 1.56. The first-order chi connectivity index (χ1) is 16.0. The highest BCUT2D eigenvalue weighted by molar-refractivity contribution is 7.99. The molecule has 33 heavy (non-hydrogen) atoms. The van der Waals surface area contributed by atoms with Gasteiger partial charge < -0.3 is 19.7 Å². The predicted octanol–water partition coefficient (Wildman–Crippen LogP) is 1.50. The lowest BCUT2D eigenvalue weighted by atomic mass is 10.0. The molecule has 0 radical (unpaired) electrons. The van der Waals surface area contributed by atoms with Crippen LogP contribution in [0, 0.1) is 0 Å². The van der Waals surface area contributed by atoms with Crippen LogP contribution in [0.3, 0.4) is 0 Å². The Hall–Kier alpha value is -2.85. The van der Waals surface area contributed by atoms with E-state index in [4.69, 9.17) is 4.74 Å². The molecule has 9 nitrogen and oxygen atoms in total. The number of nitrogens with zero attached hydrogens (tertiary/aromatic N) is 2. The number of hydrogen-bond donors (Lipinski definition) is 3. The minimum absolute atomic E-state index is 0.242. The van der Waals surface area contributed by atoms with Gasteiger partial charge in [0.2, 0.25) is 5.91 Å². The molecule has 10 heteroatoms. The summed E-state index contributed by atoms with van der Waals surface area (Å²) in [6, 6.07) is 8.11. The van der Waals surface area contributed by atoms with Crippen LogP contribution in [-0.2, 0) is 32.0 Å². The van der Waals surface area contributed by atoms with Crippen molar-refractivity contribution in [1.29, 1.82) is 0 Å². The lowest BCUT2D eigenvalue weighted by Crippen LogP contribution is -2.56. The Balaban J connectivity index is 1.74. The third-order valence-corrected chi connectivity index (χ3v) is 6.63. The molecular formula is C23H30N4O5S. The zero-order chi connectivity index (χ0) is 23.6. The molecule has 0 aliphatic carbocycles. The first kappa shape index (κ1) is 24.8. The number of nitrogens with one attached hydrogen (secondary N) is 2. The average Bonchev–Trinajstić information content (AvgIpc) is 3.27. The van der Waals surface area contributed by atoms with Crippen LogP contribution in [0.2, 0.25) is 0 Å². The number of imidazole rings is 1. The molecule has 3 unspecified atom stereocenters. The Bertz CT molecular complexity index is 909. The molecule has 1 fully saturated rings. The zero-order valence-electron chi connectivity index (χ0n) is 18.6.